The number of nitrogens with zero attached hydrogens (tertiary/aromatic N) is 1. The van der Waals surface area contributed by atoms with Gasteiger partial charge < -0.3 is 5.73 Å². The van der Waals surface area contributed by atoms with E-state index in [1.807, 2.05) is 0 Å². The summed E-state index contributed by atoms with van der Waals surface area (Å²) in [6.45, 7) is 0.129. The Morgan fingerprint density at radius 3 is 2.90 bits per heavy atom. The Hall–Kier alpha value is -1.79. The lowest BCUT2D eigenvalue weighted by atomic mass is 10.2. The van der Waals surface area contributed by atoms with Crippen LogP contribution in [0.5, 0.6) is 0 Å². The van der Waals surface area contributed by atoms with Gasteiger partial charge in [-0.15, -0.1) is 11.3 Å². The lowest BCUT2D eigenvalue weighted by Crippen LogP contribution is -2.24. The van der Waals surface area contributed by atoms with E-state index in [9.17, 15) is 12.8 Å². The number of benzene rings is 1. The number of sulfonamides is 1. The average molecular weight is 325 g/mol. The van der Waals surface area contributed by atoms with Crippen LogP contribution in [0.3, 0.4) is 0 Å². The molecule has 2 rings (SSSR count). The number of nitrogens with one attached hydrogen (secondary N) is 1. The first kappa shape index (κ1) is 15.6. The predicted octanol–water partition coefficient (Wildman–Crippen LogP) is 1.07. The lowest BCUT2D eigenvalue weighted by molar-refractivity contribution is 0.580. The Morgan fingerprint density at radius 2 is 2.24 bits per heavy atom. The van der Waals surface area contributed by atoms with Crippen molar-refractivity contribution in [2.75, 3.05) is 6.54 Å². The standard InChI is InChI=1S/C13H12FN3O2S2/c14-11-3-4-12(10(8-11)2-1-5-15)21(18,19)17-9-13-16-6-7-20-13/h3-4,6-8,17H,5,9,15H2. The molecule has 0 bridgehead atoms. The van der Waals surface area contributed by atoms with Gasteiger partial charge in [-0.05, 0) is 18.2 Å². The molecule has 1 aromatic carbocycles. The highest BCUT2D eigenvalue weighted by atomic mass is 32.2. The molecule has 0 atom stereocenters. The number of nitrogens with two attached hydrogens (primary N) is 1. The Bertz CT molecular complexity index is 777. The van der Waals surface area contributed by atoms with Gasteiger partial charge in [0, 0.05) is 17.1 Å². The Morgan fingerprint density at radius 1 is 1.43 bits per heavy atom. The summed E-state index contributed by atoms with van der Waals surface area (Å²) in [7, 11) is -3.81. The van der Waals surface area contributed by atoms with Crippen molar-refractivity contribution in [3.8, 4) is 11.8 Å². The number of rotatable bonds is 4. The molecule has 0 aliphatic heterocycles. The van der Waals surface area contributed by atoms with E-state index in [4.69, 9.17) is 5.73 Å². The highest BCUT2D eigenvalue weighted by Gasteiger charge is 2.18. The molecule has 0 saturated heterocycles. The third kappa shape index (κ3) is 4.09. The van der Waals surface area contributed by atoms with Crippen LogP contribution in [-0.2, 0) is 16.6 Å². The molecule has 0 aliphatic carbocycles. The zero-order valence-electron chi connectivity index (χ0n) is 10.8. The highest BCUT2D eigenvalue weighted by molar-refractivity contribution is 7.89. The molecule has 0 radical (unpaired) electrons. The van der Waals surface area contributed by atoms with Gasteiger partial charge in [-0.25, -0.2) is 22.5 Å². The maximum atomic E-state index is 13.2. The summed E-state index contributed by atoms with van der Waals surface area (Å²) in [6, 6.07) is 3.33. The monoisotopic (exact) mass is 325 g/mol. The Labute approximate surface area is 126 Å². The third-order valence-electron chi connectivity index (χ3n) is 2.45. The van der Waals surface area contributed by atoms with E-state index in [1.165, 1.54) is 17.4 Å². The molecular formula is C13H12FN3O2S2. The first-order chi connectivity index (χ1) is 10.0. The molecule has 0 fully saturated rings. The van der Waals surface area contributed by atoms with Crippen LogP contribution < -0.4 is 10.5 Å². The fourth-order valence-electron chi connectivity index (χ4n) is 1.56. The minimum atomic E-state index is -3.81. The second-order valence-electron chi connectivity index (χ2n) is 3.90. The van der Waals surface area contributed by atoms with Gasteiger partial charge in [0.25, 0.3) is 0 Å². The van der Waals surface area contributed by atoms with Crippen LogP contribution in [0.15, 0.2) is 34.7 Å². The normalized spacial score (nSPS) is 11.0. The van der Waals surface area contributed by atoms with Crippen molar-refractivity contribution in [1.29, 1.82) is 0 Å². The maximum Gasteiger partial charge on any atom is 0.242 e. The van der Waals surface area contributed by atoms with Gasteiger partial charge >= 0.3 is 0 Å². The number of aromatic nitrogens is 1. The van der Waals surface area contributed by atoms with Gasteiger partial charge in [0.05, 0.1) is 18.0 Å². The molecule has 21 heavy (non-hydrogen) atoms. The molecule has 0 spiro atoms. The Kier molecular flexibility index (Phi) is 5.03. The average Bonchev–Trinajstić information content (AvgIpc) is 2.96. The van der Waals surface area contributed by atoms with Gasteiger partial charge in [0.2, 0.25) is 10.0 Å². The molecule has 8 heteroatoms. The maximum absolute atomic E-state index is 13.2. The van der Waals surface area contributed by atoms with E-state index in [2.05, 4.69) is 21.5 Å². The second kappa shape index (κ2) is 6.78. The zero-order valence-corrected chi connectivity index (χ0v) is 12.5. The SMILES string of the molecule is NCC#Cc1cc(F)ccc1S(=O)(=O)NCc1nccs1. The zero-order chi connectivity index (χ0) is 15.3. The smallest absolute Gasteiger partial charge is 0.242 e. The quantitative estimate of drug-likeness (QED) is 0.824. The van der Waals surface area contributed by atoms with Gasteiger partial charge in [0.15, 0.2) is 0 Å². The number of hydrogen-bond acceptors (Lipinski definition) is 5. The van der Waals surface area contributed by atoms with Crippen molar-refractivity contribution in [3.05, 3.63) is 46.2 Å². The van der Waals surface area contributed by atoms with Gasteiger partial charge in [-0.2, -0.15) is 0 Å². The summed E-state index contributed by atoms with van der Waals surface area (Å²) in [5, 5.41) is 2.38. The van der Waals surface area contributed by atoms with Crippen LogP contribution in [0, 0.1) is 17.7 Å². The molecule has 5 nitrogen and oxygen atoms in total. The van der Waals surface area contributed by atoms with Gasteiger partial charge in [-0.1, -0.05) is 11.8 Å². The van der Waals surface area contributed by atoms with Crippen LogP contribution in [0.25, 0.3) is 0 Å². The van der Waals surface area contributed by atoms with E-state index in [1.54, 1.807) is 11.6 Å². The van der Waals surface area contributed by atoms with Crippen LogP contribution in [0.2, 0.25) is 0 Å². The number of halogens is 1. The van der Waals surface area contributed by atoms with E-state index >= 15 is 0 Å². The van der Waals surface area contributed by atoms with Crippen molar-refractivity contribution in [2.24, 2.45) is 5.73 Å². The van der Waals surface area contributed by atoms with E-state index in [0.717, 1.165) is 12.1 Å². The van der Waals surface area contributed by atoms with Gasteiger partial charge in [0.1, 0.15) is 10.8 Å². The van der Waals surface area contributed by atoms with Crippen molar-refractivity contribution < 1.29 is 12.8 Å². The number of thiazole rings is 1. The summed E-state index contributed by atoms with van der Waals surface area (Å²) >= 11 is 1.34. The fraction of sp³-hybridized carbons (Fsp3) is 0.154. The first-order valence-electron chi connectivity index (χ1n) is 5.89. The highest BCUT2D eigenvalue weighted by Crippen LogP contribution is 2.17. The van der Waals surface area contributed by atoms with E-state index in [0.29, 0.717) is 5.01 Å². The van der Waals surface area contributed by atoms with Crippen LogP contribution >= 0.6 is 11.3 Å². The summed E-state index contributed by atoms with van der Waals surface area (Å²) in [4.78, 5) is 3.90. The summed E-state index contributed by atoms with van der Waals surface area (Å²) in [5.74, 6) is 4.53. The first-order valence-corrected chi connectivity index (χ1v) is 8.26. The molecule has 3 N–H and O–H groups in total. The molecule has 0 amide bonds. The van der Waals surface area contributed by atoms with Crippen LogP contribution in [0.1, 0.15) is 10.6 Å². The lowest BCUT2D eigenvalue weighted by Gasteiger charge is -2.07. The summed E-state index contributed by atoms with van der Waals surface area (Å²) < 4.78 is 40.2. The van der Waals surface area contributed by atoms with Crippen LogP contribution in [0.4, 0.5) is 4.39 Å². The van der Waals surface area contributed by atoms with Crippen molar-refractivity contribution in [3.63, 3.8) is 0 Å². The summed E-state index contributed by atoms with van der Waals surface area (Å²) in [5.41, 5.74) is 5.33. The van der Waals surface area contributed by atoms with Crippen molar-refractivity contribution in [1.82, 2.24) is 9.71 Å². The molecule has 0 unspecified atom stereocenters. The molecule has 2 aromatic rings. The van der Waals surface area contributed by atoms with Crippen LogP contribution in [-0.4, -0.2) is 19.9 Å². The number of hydrogen-bond donors (Lipinski definition) is 2. The molecular weight excluding hydrogens is 313 g/mol. The minimum Gasteiger partial charge on any atom is -0.320 e. The largest absolute Gasteiger partial charge is 0.320 e. The molecule has 1 aromatic heterocycles. The molecule has 1 heterocycles. The van der Waals surface area contributed by atoms with E-state index in [-0.39, 0.29) is 23.5 Å². The third-order valence-corrected chi connectivity index (χ3v) is 4.69. The summed E-state index contributed by atoms with van der Waals surface area (Å²) in [6.07, 6.45) is 1.59. The Balaban J connectivity index is 2.30. The molecule has 0 aliphatic rings. The fourth-order valence-corrected chi connectivity index (χ4v) is 3.33. The van der Waals surface area contributed by atoms with Crippen molar-refractivity contribution >= 4 is 21.4 Å². The molecule has 0 saturated carbocycles. The van der Waals surface area contributed by atoms with Gasteiger partial charge in [-0.3, -0.25) is 0 Å². The minimum absolute atomic E-state index is 0.0581. The van der Waals surface area contributed by atoms with Crippen molar-refractivity contribution in [2.45, 2.75) is 11.4 Å². The van der Waals surface area contributed by atoms with E-state index < -0.39 is 15.8 Å². The topological polar surface area (TPSA) is 85.1 Å². The predicted molar refractivity (Wildman–Crippen MR) is 78.5 cm³/mol. The second-order valence-corrected chi connectivity index (χ2v) is 6.61. The molecule has 110 valence electrons.